The lowest BCUT2D eigenvalue weighted by Crippen LogP contribution is -2.50. The van der Waals surface area contributed by atoms with Crippen molar-refractivity contribution in [2.75, 3.05) is 24.2 Å². The molecule has 0 aliphatic heterocycles. The molecular formula is C22H27Cl2N3O4S. The first kappa shape index (κ1) is 26.0. The summed E-state index contributed by atoms with van der Waals surface area (Å²) in [5.74, 6) is -0.924. The molecule has 0 aromatic heterocycles. The van der Waals surface area contributed by atoms with E-state index in [-0.39, 0.29) is 12.5 Å². The van der Waals surface area contributed by atoms with Gasteiger partial charge in [0.25, 0.3) is 0 Å². The van der Waals surface area contributed by atoms with E-state index in [0.717, 1.165) is 16.1 Å². The van der Waals surface area contributed by atoms with Gasteiger partial charge in [0.05, 0.1) is 11.9 Å². The number of nitrogens with zero attached hydrogens (tertiary/aromatic N) is 2. The standard InChI is InChI=1S/C22H27Cl2N3O4S/c1-5-16-8-6-7-9-20(16)27(32(4,30)31)14-21(28)26(15(2)22(29)25-3)13-17-10-11-18(23)12-19(17)24/h6-12,15H,5,13-14H2,1-4H3,(H,25,29)/t15-/m0/s1. The molecule has 0 saturated heterocycles. The maximum atomic E-state index is 13.4. The Kier molecular flexibility index (Phi) is 8.95. The van der Waals surface area contributed by atoms with Crippen LogP contribution >= 0.6 is 23.2 Å². The summed E-state index contributed by atoms with van der Waals surface area (Å²) >= 11 is 12.2. The largest absolute Gasteiger partial charge is 0.357 e. The number of carbonyl (C=O) groups is 2. The number of anilines is 1. The average molecular weight is 500 g/mol. The highest BCUT2D eigenvalue weighted by Crippen LogP contribution is 2.26. The zero-order valence-electron chi connectivity index (χ0n) is 18.4. The molecule has 0 unspecified atom stereocenters. The zero-order valence-corrected chi connectivity index (χ0v) is 20.8. The van der Waals surface area contributed by atoms with Crippen LogP contribution in [0.15, 0.2) is 42.5 Å². The van der Waals surface area contributed by atoms with Gasteiger partial charge in [-0.05, 0) is 42.7 Å². The van der Waals surface area contributed by atoms with Crippen molar-refractivity contribution < 1.29 is 18.0 Å². The predicted molar refractivity (Wildman–Crippen MR) is 129 cm³/mol. The van der Waals surface area contributed by atoms with Gasteiger partial charge in [0, 0.05) is 23.6 Å². The molecule has 2 amide bonds. The summed E-state index contributed by atoms with van der Waals surface area (Å²) < 4.78 is 26.3. The van der Waals surface area contributed by atoms with Gasteiger partial charge in [-0.3, -0.25) is 13.9 Å². The number of halogens is 2. The summed E-state index contributed by atoms with van der Waals surface area (Å²) in [7, 11) is -2.31. The Morgan fingerprint density at radius 1 is 1.09 bits per heavy atom. The van der Waals surface area contributed by atoms with Crippen LogP contribution in [0.3, 0.4) is 0 Å². The summed E-state index contributed by atoms with van der Waals surface area (Å²) in [6.45, 7) is 3.04. The molecule has 2 rings (SSSR count). The molecular weight excluding hydrogens is 473 g/mol. The Morgan fingerprint density at radius 2 is 1.75 bits per heavy atom. The predicted octanol–water partition coefficient (Wildman–Crippen LogP) is 3.49. The van der Waals surface area contributed by atoms with Crippen LogP contribution in [0.4, 0.5) is 5.69 Å². The quantitative estimate of drug-likeness (QED) is 0.571. The number of benzene rings is 2. The fourth-order valence-corrected chi connectivity index (χ4v) is 4.62. The van der Waals surface area contributed by atoms with Gasteiger partial charge in [-0.25, -0.2) is 8.42 Å². The lowest BCUT2D eigenvalue weighted by molar-refractivity contribution is -0.139. The number of carbonyl (C=O) groups excluding carboxylic acids is 2. The summed E-state index contributed by atoms with van der Waals surface area (Å²) in [5, 5.41) is 3.31. The minimum absolute atomic E-state index is 0.0104. The highest BCUT2D eigenvalue weighted by molar-refractivity contribution is 7.92. The molecule has 0 heterocycles. The second-order valence-corrected chi connectivity index (χ2v) is 10.0. The molecule has 7 nitrogen and oxygen atoms in total. The number of hydrogen-bond acceptors (Lipinski definition) is 4. The van der Waals surface area contributed by atoms with Crippen LogP contribution in [0, 0.1) is 0 Å². The first-order valence-corrected chi connectivity index (χ1v) is 12.6. The summed E-state index contributed by atoms with van der Waals surface area (Å²) in [6.07, 6.45) is 1.64. The molecule has 1 N–H and O–H groups in total. The number of sulfonamides is 1. The van der Waals surface area contributed by atoms with Gasteiger partial charge in [-0.1, -0.05) is 54.4 Å². The Balaban J connectivity index is 2.45. The fraction of sp³-hybridized carbons (Fsp3) is 0.364. The van der Waals surface area contributed by atoms with Gasteiger partial charge in [0.2, 0.25) is 21.8 Å². The van der Waals surface area contributed by atoms with E-state index < -0.39 is 28.5 Å². The van der Waals surface area contributed by atoms with Crippen molar-refractivity contribution in [2.45, 2.75) is 32.9 Å². The van der Waals surface area contributed by atoms with E-state index in [0.29, 0.717) is 27.7 Å². The molecule has 0 spiro atoms. The molecule has 0 saturated carbocycles. The summed E-state index contributed by atoms with van der Waals surface area (Å²) in [5.41, 5.74) is 1.81. The van der Waals surface area contributed by atoms with Gasteiger partial charge in [0.1, 0.15) is 12.6 Å². The Bertz CT molecular complexity index is 1090. The normalized spacial score (nSPS) is 12.2. The van der Waals surface area contributed by atoms with E-state index in [1.54, 1.807) is 37.3 Å². The number of amides is 2. The topological polar surface area (TPSA) is 86.8 Å². The number of hydrogen-bond donors (Lipinski definition) is 1. The highest BCUT2D eigenvalue weighted by Gasteiger charge is 2.30. The second kappa shape index (κ2) is 11.0. The fourth-order valence-electron chi connectivity index (χ4n) is 3.27. The van der Waals surface area contributed by atoms with Crippen molar-refractivity contribution in [2.24, 2.45) is 0 Å². The number of para-hydroxylation sites is 1. The van der Waals surface area contributed by atoms with Gasteiger partial charge >= 0.3 is 0 Å². The molecule has 0 fully saturated rings. The number of aryl methyl sites for hydroxylation is 1. The van der Waals surface area contributed by atoms with E-state index in [1.165, 1.54) is 11.9 Å². The smallest absolute Gasteiger partial charge is 0.244 e. The van der Waals surface area contributed by atoms with Gasteiger partial charge in [-0.2, -0.15) is 0 Å². The second-order valence-electron chi connectivity index (χ2n) is 7.30. The van der Waals surface area contributed by atoms with Crippen LogP contribution < -0.4 is 9.62 Å². The zero-order chi connectivity index (χ0) is 24.1. The lowest BCUT2D eigenvalue weighted by atomic mass is 10.1. The Morgan fingerprint density at radius 3 is 2.31 bits per heavy atom. The van der Waals surface area contributed by atoms with E-state index in [1.807, 2.05) is 19.1 Å². The summed E-state index contributed by atoms with van der Waals surface area (Å²) in [6, 6.07) is 11.0. The Hall–Kier alpha value is -2.29. The number of nitrogens with one attached hydrogen (secondary N) is 1. The molecule has 0 aliphatic carbocycles. The van der Waals surface area contributed by atoms with E-state index >= 15 is 0 Å². The lowest BCUT2D eigenvalue weighted by Gasteiger charge is -2.32. The Labute approximate surface area is 199 Å². The van der Waals surface area contributed by atoms with Crippen LogP contribution in [0.2, 0.25) is 10.0 Å². The average Bonchev–Trinajstić information content (AvgIpc) is 2.75. The van der Waals surface area contributed by atoms with Gasteiger partial charge in [0.15, 0.2) is 0 Å². The third kappa shape index (κ3) is 6.37. The highest BCUT2D eigenvalue weighted by atomic mass is 35.5. The van der Waals surface area contributed by atoms with Crippen molar-refractivity contribution in [3.8, 4) is 0 Å². The van der Waals surface area contributed by atoms with Crippen LogP contribution in [-0.4, -0.2) is 51.0 Å². The first-order valence-electron chi connectivity index (χ1n) is 10.00. The van der Waals surface area contributed by atoms with Gasteiger partial charge < -0.3 is 10.2 Å². The van der Waals surface area contributed by atoms with Crippen molar-refractivity contribution in [1.82, 2.24) is 10.2 Å². The third-order valence-corrected chi connectivity index (χ3v) is 6.80. The molecule has 174 valence electrons. The van der Waals surface area contributed by atoms with Crippen LogP contribution in [0.1, 0.15) is 25.0 Å². The van der Waals surface area contributed by atoms with E-state index in [2.05, 4.69) is 5.32 Å². The van der Waals surface area contributed by atoms with Crippen LogP contribution in [0.25, 0.3) is 0 Å². The maximum absolute atomic E-state index is 13.4. The van der Waals surface area contributed by atoms with E-state index in [4.69, 9.17) is 23.2 Å². The monoisotopic (exact) mass is 499 g/mol. The minimum Gasteiger partial charge on any atom is -0.357 e. The molecule has 0 aliphatic rings. The SMILES string of the molecule is CCc1ccccc1N(CC(=O)N(Cc1ccc(Cl)cc1Cl)[C@@H](C)C(=O)NC)S(C)(=O)=O. The minimum atomic E-state index is -3.78. The molecule has 2 aromatic rings. The molecule has 1 atom stereocenters. The van der Waals surface area contributed by atoms with Crippen molar-refractivity contribution in [1.29, 1.82) is 0 Å². The van der Waals surface area contributed by atoms with E-state index in [9.17, 15) is 18.0 Å². The molecule has 0 bridgehead atoms. The number of rotatable bonds is 9. The molecule has 2 aromatic carbocycles. The molecule has 0 radical (unpaired) electrons. The van der Waals surface area contributed by atoms with Gasteiger partial charge in [-0.15, -0.1) is 0 Å². The van der Waals surface area contributed by atoms with Crippen molar-refractivity contribution in [3.05, 3.63) is 63.6 Å². The van der Waals surface area contributed by atoms with Crippen LogP contribution in [0.5, 0.6) is 0 Å². The first-order chi connectivity index (χ1) is 15.0. The van der Waals surface area contributed by atoms with Crippen LogP contribution in [-0.2, 0) is 32.6 Å². The van der Waals surface area contributed by atoms with Crippen molar-refractivity contribution >= 4 is 50.7 Å². The molecule has 10 heteroatoms. The summed E-state index contributed by atoms with van der Waals surface area (Å²) in [4.78, 5) is 27.0. The molecule has 32 heavy (non-hydrogen) atoms. The van der Waals surface area contributed by atoms with Crippen molar-refractivity contribution in [3.63, 3.8) is 0 Å². The third-order valence-electron chi connectivity index (χ3n) is 5.09. The maximum Gasteiger partial charge on any atom is 0.244 e. The number of likely N-dealkylation sites (N-methyl/N-ethyl adjacent to an activating group) is 1.